The molecule has 2 aliphatic rings. The molecular weight excluding hydrogens is 250 g/mol. The first kappa shape index (κ1) is 13.0. The van der Waals surface area contributed by atoms with E-state index in [-0.39, 0.29) is 23.8 Å². The third-order valence-corrected chi connectivity index (χ3v) is 4.41. The molecule has 1 aromatic carbocycles. The summed E-state index contributed by atoms with van der Waals surface area (Å²) >= 11 is 0. The van der Waals surface area contributed by atoms with E-state index in [1.54, 1.807) is 0 Å². The number of carbonyl (C=O) groups excluding carboxylic acids is 1. The maximum atomic E-state index is 12.5. The van der Waals surface area contributed by atoms with Gasteiger partial charge in [-0.2, -0.15) is 5.26 Å². The molecule has 3 unspecified atom stereocenters. The van der Waals surface area contributed by atoms with Gasteiger partial charge in [0.15, 0.2) is 0 Å². The Morgan fingerprint density at radius 1 is 1.30 bits per heavy atom. The van der Waals surface area contributed by atoms with Crippen molar-refractivity contribution >= 4 is 11.6 Å². The standard InChI is InChI=1S/C16H19N3O/c17-10-11-4-3-7-14(11)19-16(20)13-8-9-18-15-6-2-1-5-12(13)15/h1-2,5-6,11,13-14,18H,3-4,7-9H2,(H,19,20). The van der Waals surface area contributed by atoms with Crippen LogP contribution in [0.5, 0.6) is 0 Å². The zero-order valence-electron chi connectivity index (χ0n) is 11.4. The number of amides is 1. The number of hydrogen-bond donors (Lipinski definition) is 2. The van der Waals surface area contributed by atoms with E-state index in [2.05, 4.69) is 16.7 Å². The SMILES string of the molecule is N#CC1CCCC1NC(=O)C1CCNc2ccccc21. The van der Waals surface area contributed by atoms with Crippen molar-refractivity contribution in [2.75, 3.05) is 11.9 Å². The highest BCUT2D eigenvalue weighted by molar-refractivity contribution is 5.86. The summed E-state index contributed by atoms with van der Waals surface area (Å²) in [5.74, 6) is -0.0330. The molecule has 0 aromatic heterocycles. The van der Waals surface area contributed by atoms with Crippen LogP contribution in [-0.4, -0.2) is 18.5 Å². The Bertz CT molecular complexity index is 549. The lowest BCUT2D eigenvalue weighted by atomic mass is 9.89. The van der Waals surface area contributed by atoms with E-state index in [0.29, 0.717) is 0 Å². The fraction of sp³-hybridized carbons (Fsp3) is 0.500. The minimum atomic E-state index is -0.0904. The highest BCUT2D eigenvalue weighted by Gasteiger charge is 2.32. The molecule has 1 aliphatic carbocycles. The number of para-hydroxylation sites is 1. The molecule has 3 rings (SSSR count). The molecule has 1 fully saturated rings. The Hall–Kier alpha value is -2.02. The van der Waals surface area contributed by atoms with Crippen LogP contribution < -0.4 is 10.6 Å². The van der Waals surface area contributed by atoms with Gasteiger partial charge in [0.05, 0.1) is 17.9 Å². The average Bonchev–Trinajstić information content (AvgIpc) is 2.93. The number of nitriles is 1. The second-order valence-corrected chi connectivity index (χ2v) is 5.64. The van der Waals surface area contributed by atoms with E-state index in [9.17, 15) is 4.79 Å². The van der Waals surface area contributed by atoms with Gasteiger partial charge in [-0.05, 0) is 37.3 Å². The summed E-state index contributed by atoms with van der Waals surface area (Å²) in [4.78, 5) is 12.5. The van der Waals surface area contributed by atoms with Gasteiger partial charge in [-0.1, -0.05) is 18.2 Å². The van der Waals surface area contributed by atoms with Crippen LogP contribution in [0.4, 0.5) is 5.69 Å². The molecule has 1 amide bonds. The Morgan fingerprint density at radius 2 is 2.15 bits per heavy atom. The molecule has 4 nitrogen and oxygen atoms in total. The number of anilines is 1. The van der Waals surface area contributed by atoms with Gasteiger partial charge in [-0.15, -0.1) is 0 Å². The predicted molar refractivity (Wildman–Crippen MR) is 77.2 cm³/mol. The van der Waals surface area contributed by atoms with Crippen molar-refractivity contribution in [1.82, 2.24) is 5.32 Å². The highest BCUT2D eigenvalue weighted by Crippen LogP contribution is 2.32. The summed E-state index contributed by atoms with van der Waals surface area (Å²) < 4.78 is 0. The zero-order valence-corrected chi connectivity index (χ0v) is 11.4. The van der Waals surface area contributed by atoms with Gasteiger partial charge in [-0.3, -0.25) is 4.79 Å². The first-order valence-corrected chi connectivity index (χ1v) is 7.32. The highest BCUT2D eigenvalue weighted by atomic mass is 16.2. The van der Waals surface area contributed by atoms with Gasteiger partial charge in [0.25, 0.3) is 0 Å². The van der Waals surface area contributed by atoms with E-state index in [4.69, 9.17) is 5.26 Å². The summed E-state index contributed by atoms with van der Waals surface area (Å²) in [6.45, 7) is 0.821. The molecule has 20 heavy (non-hydrogen) atoms. The van der Waals surface area contributed by atoms with Crippen LogP contribution in [0.15, 0.2) is 24.3 Å². The first-order chi connectivity index (χ1) is 9.79. The molecule has 1 aliphatic heterocycles. The molecule has 4 heteroatoms. The zero-order chi connectivity index (χ0) is 13.9. The molecule has 0 radical (unpaired) electrons. The summed E-state index contributed by atoms with van der Waals surface area (Å²) in [5.41, 5.74) is 2.13. The molecule has 1 saturated carbocycles. The second-order valence-electron chi connectivity index (χ2n) is 5.64. The number of benzene rings is 1. The van der Waals surface area contributed by atoms with Crippen molar-refractivity contribution in [3.8, 4) is 6.07 Å². The van der Waals surface area contributed by atoms with Gasteiger partial charge in [0, 0.05) is 18.3 Å². The lowest BCUT2D eigenvalue weighted by molar-refractivity contribution is -0.123. The minimum Gasteiger partial charge on any atom is -0.385 e. The van der Waals surface area contributed by atoms with Crippen molar-refractivity contribution in [1.29, 1.82) is 5.26 Å². The number of carbonyl (C=O) groups is 1. The summed E-state index contributed by atoms with van der Waals surface area (Å²) in [6, 6.07) is 10.3. The molecule has 3 atom stereocenters. The van der Waals surface area contributed by atoms with E-state index in [1.165, 1.54) is 0 Å². The fourth-order valence-corrected chi connectivity index (χ4v) is 3.31. The van der Waals surface area contributed by atoms with Gasteiger partial charge >= 0.3 is 0 Å². The summed E-state index contributed by atoms with van der Waals surface area (Å²) in [6.07, 6.45) is 3.68. The van der Waals surface area contributed by atoms with Crippen molar-refractivity contribution in [2.24, 2.45) is 5.92 Å². The van der Waals surface area contributed by atoms with Crippen LogP contribution in [0.3, 0.4) is 0 Å². The Morgan fingerprint density at radius 3 is 3.00 bits per heavy atom. The van der Waals surface area contributed by atoms with Gasteiger partial charge in [0.1, 0.15) is 0 Å². The maximum Gasteiger partial charge on any atom is 0.227 e. The number of nitrogens with one attached hydrogen (secondary N) is 2. The van der Waals surface area contributed by atoms with Crippen molar-refractivity contribution in [3.63, 3.8) is 0 Å². The van der Waals surface area contributed by atoms with Crippen LogP contribution in [0, 0.1) is 17.2 Å². The molecule has 0 spiro atoms. The normalized spacial score (nSPS) is 28.1. The lowest BCUT2D eigenvalue weighted by Crippen LogP contribution is -2.41. The van der Waals surface area contributed by atoms with Gasteiger partial charge in [-0.25, -0.2) is 0 Å². The Kier molecular flexibility index (Phi) is 3.60. The molecule has 1 aromatic rings. The Labute approximate surface area is 119 Å². The van der Waals surface area contributed by atoms with Crippen LogP contribution >= 0.6 is 0 Å². The third kappa shape index (κ3) is 2.36. The largest absolute Gasteiger partial charge is 0.385 e. The van der Waals surface area contributed by atoms with Crippen LogP contribution in [0.2, 0.25) is 0 Å². The Balaban J connectivity index is 1.74. The van der Waals surface area contributed by atoms with Crippen molar-refractivity contribution < 1.29 is 4.79 Å². The quantitative estimate of drug-likeness (QED) is 0.866. The number of fused-ring (bicyclic) bond motifs is 1. The molecule has 2 N–H and O–H groups in total. The molecule has 0 bridgehead atoms. The van der Waals surface area contributed by atoms with Crippen LogP contribution in [0.25, 0.3) is 0 Å². The molecule has 1 heterocycles. The van der Waals surface area contributed by atoms with Gasteiger partial charge in [0.2, 0.25) is 5.91 Å². The summed E-state index contributed by atoms with van der Waals surface area (Å²) in [7, 11) is 0. The van der Waals surface area contributed by atoms with Crippen LogP contribution in [-0.2, 0) is 4.79 Å². The van der Waals surface area contributed by atoms with Crippen molar-refractivity contribution in [3.05, 3.63) is 29.8 Å². The molecule has 0 saturated heterocycles. The van der Waals surface area contributed by atoms with E-state index < -0.39 is 0 Å². The summed E-state index contributed by atoms with van der Waals surface area (Å²) in [5, 5.41) is 15.5. The number of nitrogens with zero attached hydrogens (tertiary/aromatic N) is 1. The second kappa shape index (κ2) is 5.54. The fourth-order valence-electron chi connectivity index (χ4n) is 3.31. The van der Waals surface area contributed by atoms with E-state index in [1.807, 2.05) is 24.3 Å². The predicted octanol–water partition coefficient (Wildman–Crippen LogP) is 2.39. The third-order valence-electron chi connectivity index (χ3n) is 4.41. The average molecular weight is 269 g/mol. The smallest absolute Gasteiger partial charge is 0.227 e. The topological polar surface area (TPSA) is 64.9 Å². The molecule has 104 valence electrons. The van der Waals surface area contributed by atoms with Gasteiger partial charge < -0.3 is 10.6 Å². The minimum absolute atomic E-state index is 0.0177. The van der Waals surface area contributed by atoms with E-state index >= 15 is 0 Å². The lowest BCUT2D eigenvalue weighted by Gasteiger charge is -2.27. The number of rotatable bonds is 2. The van der Waals surface area contributed by atoms with Crippen LogP contribution in [0.1, 0.15) is 37.2 Å². The first-order valence-electron chi connectivity index (χ1n) is 7.32. The number of hydrogen-bond acceptors (Lipinski definition) is 3. The maximum absolute atomic E-state index is 12.5. The molecular formula is C16H19N3O. The monoisotopic (exact) mass is 269 g/mol. The van der Waals surface area contributed by atoms with Crippen molar-refractivity contribution in [2.45, 2.75) is 37.6 Å². The van der Waals surface area contributed by atoms with E-state index in [0.717, 1.165) is 43.5 Å².